The maximum atomic E-state index is 13.4. The Morgan fingerprint density at radius 3 is 2.64 bits per heavy atom. The molecule has 1 aliphatic carbocycles. The predicted molar refractivity (Wildman–Crippen MR) is 106 cm³/mol. The molecule has 1 amide bonds. The highest BCUT2D eigenvalue weighted by Crippen LogP contribution is 2.31. The van der Waals surface area contributed by atoms with Gasteiger partial charge in [-0.05, 0) is 30.5 Å². The third-order valence-corrected chi connectivity index (χ3v) is 5.03. The Kier molecular flexibility index (Phi) is 4.09. The van der Waals surface area contributed by atoms with Crippen LogP contribution in [0, 0.1) is 0 Å². The van der Waals surface area contributed by atoms with Crippen LogP contribution < -0.4 is 0 Å². The van der Waals surface area contributed by atoms with Gasteiger partial charge in [-0.2, -0.15) is 5.10 Å². The summed E-state index contributed by atoms with van der Waals surface area (Å²) in [5.41, 5.74) is 4.09. The molecule has 0 N–H and O–H groups in total. The van der Waals surface area contributed by atoms with Crippen LogP contribution in [0.5, 0.6) is 0 Å². The minimum atomic E-state index is -0.0286. The van der Waals surface area contributed by atoms with Crippen LogP contribution in [0.2, 0.25) is 0 Å². The molecule has 0 saturated heterocycles. The van der Waals surface area contributed by atoms with Crippen LogP contribution >= 0.6 is 0 Å². The van der Waals surface area contributed by atoms with E-state index in [1.54, 1.807) is 23.1 Å². The van der Waals surface area contributed by atoms with Gasteiger partial charge in [0.2, 0.25) is 0 Å². The van der Waals surface area contributed by atoms with Crippen molar-refractivity contribution < 1.29 is 4.79 Å². The van der Waals surface area contributed by atoms with Crippen molar-refractivity contribution in [2.75, 3.05) is 0 Å². The minimum Gasteiger partial charge on any atom is -0.331 e. The largest absolute Gasteiger partial charge is 0.331 e. The summed E-state index contributed by atoms with van der Waals surface area (Å²) in [5, 5.41) is 4.48. The van der Waals surface area contributed by atoms with Gasteiger partial charge in [-0.15, -0.1) is 0 Å². The highest BCUT2D eigenvalue weighted by atomic mass is 16.2. The number of carbonyl (C=O) groups excluding carboxylic acids is 1. The lowest BCUT2D eigenvalue weighted by atomic mass is 10.1. The Bertz CT molecular complexity index is 1120. The van der Waals surface area contributed by atoms with Gasteiger partial charge in [-0.1, -0.05) is 36.4 Å². The number of carbonyl (C=O) groups is 1. The molecule has 0 unspecified atom stereocenters. The summed E-state index contributed by atoms with van der Waals surface area (Å²) in [6.07, 6.45) is 8.99. The summed E-state index contributed by atoms with van der Waals surface area (Å²) < 4.78 is 1.75. The minimum absolute atomic E-state index is 0.0286. The summed E-state index contributed by atoms with van der Waals surface area (Å²) in [7, 11) is 0. The number of hydrogen-bond donors (Lipinski definition) is 0. The summed E-state index contributed by atoms with van der Waals surface area (Å²) in [4.78, 5) is 23.9. The molecule has 6 nitrogen and oxygen atoms in total. The monoisotopic (exact) mass is 369 g/mol. The Hall–Kier alpha value is -3.54. The summed E-state index contributed by atoms with van der Waals surface area (Å²) >= 11 is 0. The molecule has 0 atom stereocenters. The Morgan fingerprint density at radius 1 is 1.04 bits per heavy atom. The van der Waals surface area contributed by atoms with Gasteiger partial charge in [-0.3, -0.25) is 9.78 Å². The van der Waals surface area contributed by atoms with E-state index in [-0.39, 0.29) is 11.9 Å². The predicted octanol–water partition coefficient (Wildman–Crippen LogP) is 3.60. The fourth-order valence-corrected chi connectivity index (χ4v) is 3.47. The van der Waals surface area contributed by atoms with Crippen LogP contribution in [0.25, 0.3) is 16.9 Å². The Labute approximate surface area is 162 Å². The van der Waals surface area contributed by atoms with Gasteiger partial charge in [0.25, 0.3) is 5.91 Å². The van der Waals surface area contributed by atoms with Gasteiger partial charge in [0, 0.05) is 36.7 Å². The highest BCUT2D eigenvalue weighted by Gasteiger charge is 2.34. The Balaban J connectivity index is 1.52. The maximum absolute atomic E-state index is 13.4. The van der Waals surface area contributed by atoms with Crippen molar-refractivity contribution in [3.05, 3.63) is 84.4 Å². The second-order valence-electron chi connectivity index (χ2n) is 7.02. The van der Waals surface area contributed by atoms with Crippen molar-refractivity contribution in [2.24, 2.45) is 0 Å². The standard InChI is InChI=1S/C22H19N5O/c28-22(26(18-8-9-18)15-16-5-4-11-23-13-16)19-14-25-27-20(10-12-24-21(19)27)17-6-2-1-3-7-17/h1-7,10-14,18H,8-9,15H2. The van der Waals surface area contributed by atoms with E-state index in [9.17, 15) is 4.79 Å². The third kappa shape index (κ3) is 3.03. The number of aromatic nitrogens is 4. The van der Waals surface area contributed by atoms with Gasteiger partial charge >= 0.3 is 0 Å². The summed E-state index contributed by atoms with van der Waals surface area (Å²) in [6.45, 7) is 0.549. The number of fused-ring (bicyclic) bond motifs is 1. The zero-order chi connectivity index (χ0) is 18.9. The first-order chi connectivity index (χ1) is 13.8. The zero-order valence-electron chi connectivity index (χ0n) is 15.3. The molecule has 5 rings (SSSR count). The fraction of sp³-hybridized carbons (Fsp3) is 0.182. The number of rotatable bonds is 5. The molecule has 28 heavy (non-hydrogen) atoms. The first-order valence-electron chi connectivity index (χ1n) is 9.39. The zero-order valence-corrected chi connectivity index (χ0v) is 15.3. The van der Waals surface area contributed by atoms with E-state index in [1.165, 1.54) is 0 Å². The number of nitrogens with zero attached hydrogens (tertiary/aromatic N) is 5. The molecule has 4 aromatic rings. The molecule has 3 heterocycles. The number of benzene rings is 1. The maximum Gasteiger partial charge on any atom is 0.259 e. The van der Waals surface area contributed by atoms with Crippen LogP contribution in [-0.2, 0) is 6.54 Å². The molecule has 1 saturated carbocycles. The van der Waals surface area contributed by atoms with E-state index in [4.69, 9.17) is 0 Å². The van der Waals surface area contributed by atoms with Crippen molar-refractivity contribution in [3.8, 4) is 11.3 Å². The normalized spacial score (nSPS) is 13.6. The van der Waals surface area contributed by atoms with Crippen molar-refractivity contribution in [2.45, 2.75) is 25.4 Å². The molecule has 3 aromatic heterocycles. The van der Waals surface area contributed by atoms with E-state index < -0.39 is 0 Å². The molecule has 0 spiro atoms. The molecule has 0 aliphatic heterocycles. The lowest BCUT2D eigenvalue weighted by molar-refractivity contribution is 0.0731. The Morgan fingerprint density at radius 2 is 1.89 bits per heavy atom. The van der Waals surface area contributed by atoms with E-state index in [2.05, 4.69) is 15.1 Å². The SMILES string of the molecule is O=C(c1cnn2c(-c3ccccc3)ccnc12)N(Cc1cccnc1)C1CC1. The first-order valence-corrected chi connectivity index (χ1v) is 9.39. The van der Waals surface area contributed by atoms with Crippen molar-refractivity contribution in [1.82, 2.24) is 24.5 Å². The van der Waals surface area contributed by atoms with Crippen LogP contribution in [0.4, 0.5) is 0 Å². The van der Waals surface area contributed by atoms with Gasteiger partial charge in [0.1, 0.15) is 5.56 Å². The average molecular weight is 369 g/mol. The van der Waals surface area contributed by atoms with Gasteiger partial charge in [0.15, 0.2) is 5.65 Å². The smallest absolute Gasteiger partial charge is 0.259 e. The molecule has 1 aliphatic rings. The number of hydrogen-bond acceptors (Lipinski definition) is 4. The molecule has 6 heteroatoms. The summed E-state index contributed by atoms with van der Waals surface area (Å²) in [6, 6.07) is 16.1. The van der Waals surface area contributed by atoms with Crippen molar-refractivity contribution in [3.63, 3.8) is 0 Å². The van der Waals surface area contributed by atoms with E-state index in [0.717, 1.165) is 29.7 Å². The molecular weight excluding hydrogens is 350 g/mol. The molecule has 1 fully saturated rings. The van der Waals surface area contributed by atoms with Crippen LogP contribution in [0.15, 0.2) is 73.3 Å². The molecular formula is C22H19N5O. The van der Waals surface area contributed by atoms with E-state index >= 15 is 0 Å². The molecule has 138 valence electrons. The quantitative estimate of drug-likeness (QED) is 0.539. The topological polar surface area (TPSA) is 63.4 Å². The highest BCUT2D eigenvalue weighted by molar-refractivity contribution is 6.00. The van der Waals surface area contributed by atoms with Gasteiger partial charge in [-0.25, -0.2) is 9.50 Å². The van der Waals surface area contributed by atoms with Crippen molar-refractivity contribution in [1.29, 1.82) is 0 Å². The number of pyridine rings is 1. The lowest BCUT2D eigenvalue weighted by Gasteiger charge is -2.21. The van der Waals surface area contributed by atoms with Crippen LogP contribution in [0.1, 0.15) is 28.8 Å². The van der Waals surface area contributed by atoms with E-state index in [0.29, 0.717) is 17.8 Å². The average Bonchev–Trinajstić information content (AvgIpc) is 3.50. The van der Waals surface area contributed by atoms with Gasteiger partial charge in [0.05, 0.1) is 11.9 Å². The van der Waals surface area contributed by atoms with Crippen molar-refractivity contribution >= 4 is 11.6 Å². The van der Waals surface area contributed by atoms with Crippen LogP contribution in [0.3, 0.4) is 0 Å². The second-order valence-corrected chi connectivity index (χ2v) is 7.02. The van der Waals surface area contributed by atoms with E-state index in [1.807, 2.05) is 59.6 Å². The molecule has 1 aromatic carbocycles. The molecule has 0 radical (unpaired) electrons. The third-order valence-electron chi connectivity index (χ3n) is 5.03. The van der Waals surface area contributed by atoms with Gasteiger partial charge < -0.3 is 4.90 Å². The molecule has 0 bridgehead atoms. The second kappa shape index (κ2) is 6.88. The van der Waals surface area contributed by atoms with Crippen LogP contribution in [-0.4, -0.2) is 36.4 Å². The fourth-order valence-electron chi connectivity index (χ4n) is 3.47. The lowest BCUT2D eigenvalue weighted by Crippen LogP contribution is -2.32. The number of amides is 1. The first kappa shape index (κ1) is 16.6. The summed E-state index contributed by atoms with van der Waals surface area (Å²) in [5.74, 6) is -0.0286.